The van der Waals surface area contributed by atoms with Gasteiger partial charge in [0.15, 0.2) is 0 Å². The molecular weight excluding hydrogens is 260 g/mol. The Bertz CT molecular complexity index is 498. The fraction of sp³-hybridized carbons (Fsp3) is 0.647. The average molecular weight is 286 g/mol. The maximum atomic E-state index is 9.18. The highest BCUT2D eigenvalue weighted by Gasteiger charge is 2.24. The van der Waals surface area contributed by atoms with Crippen LogP contribution >= 0.6 is 0 Å². The second-order valence-electron chi connectivity index (χ2n) is 6.87. The zero-order valence-electron chi connectivity index (χ0n) is 13.4. The highest BCUT2D eigenvalue weighted by Crippen LogP contribution is 2.20. The van der Waals surface area contributed by atoms with Crippen LogP contribution in [0.3, 0.4) is 0 Å². The van der Waals surface area contributed by atoms with E-state index >= 15 is 0 Å². The molecule has 1 unspecified atom stereocenters. The molecule has 0 aliphatic carbocycles. The molecule has 4 heteroatoms. The van der Waals surface area contributed by atoms with E-state index in [4.69, 9.17) is 0 Å². The Morgan fingerprint density at radius 1 is 1.43 bits per heavy atom. The van der Waals surface area contributed by atoms with Crippen molar-refractivity contribution in [1.82, 2.24) is 15.2 Å². The SMILES string of the molecule is CC(C)(C)NCC1CCCCN1Cc1cccnc1C#N. The normalized spacial score (nSPS) is 20.2. The van der Waals surface area contributed by atoms with Crippen LogP contribution in [0.1, 0.15) is 51.3 Å². The highest BCUT2D eigenvalue weighted by molar-refractivity contribution is 5.30. The fourth-order valence-corrected chi connectivity index (χ4v) is 2.81. The van der Waals surface area contributed by atoms with Crippen LogP contribution in [-0.2, 0) is 6.54 Å². The summed E-state index contributed by atoms with van der Waals surface area (Å²) in [4.78, 5) is 6.67. The molecule has 4 nitrogen and oxygen atoms in total. The van der Waals surface area contributed by atoms with Crippen LogP contribution in [0.4, 0.5) is 0 Å². The molecule has 2 heterocycles. The number of likely N-dealkylation sites (tertiary alicyclic amines) is 1. The maximum Gasteiger partial charge on any atom is 0.144 e. The van der Waals surface area contributed by atoms with E-state index in [0.717, 1.165) is 25.2 Å². The molecule has 0 aromatic carbocycles. The van der Waals surface area contributed by atoms with Crippen molar-refractivity contribution in [2.24, 2.45) is 0 Å². The molecule has 1 aliphatic rings. The van der Waals surface area contributed by atoms with Crippen LogP contribution in [0.15, 0.2) is 18.3 Å². The van der Waals surface area contributed by atoms with E-state index in [2.05, 4.69) is 42.0 Å². The topological polar surface area (TPSA) is 52.0 Å². The molecule has 114 valence electrons. The van der Waals surface area contributed by atoms with Crippen molar-refractivity contribution in [2.45, 2.75) is 58.2 Å². The molecule has 1 atom stereocenters. The second-order valence-corrected chi connectivity index (χ2v) is 6.87. The predicted molar refractivity (Wildman–Crippen MR) is 84.8 cm³/mol. The van der Waals surface area contributed by atoms with Crippen LogP contribution < -0.4 is 5.32 Å². The van der Waals surface area contributed by atoms with Gasteiger partial charge in [-0.3, -0.25) is 4.90 Å². The third-order valence-electron chi connectivity index (χ3n) is 3.99. The number of hydrogen-bond acceptors (Lipinski definition) is 4. The summed E-state index contributed by atoms with van der Waals surface area (Å²) in [5.41, 5.74) is 1.75. The van der Waals surface area contributed by atoms with Crippen molar-refractivity contribution in [1.29, 1.82) is 5.26 Å². The van der Waals surface area contributed by atoms with Crippen molar-refractivity contribution >= 4 is 0 Å². The molecule has 0 spiro atoms. The molecule has 0 amide bonds. The second kappa shape index (κ2) is 7.02. The maximum absolute atomic E-state index is 9.18. The Hall–Kier alpha value is -1.44. The first kappa shape index (κ1) is 15.9. The lowest BCUT2D eigenvalue weighted by molar-refractivity contribution is 0.131. The number of pyridine rings is 1. The van der Waals surface area contributed by atoms with Crippen LogP contribution in [0, 0.1) is 11.3 Å². The van der Waals surface area contributed by atoms with Crippen LogP contribution in [0.25, 0.3) is 0 Å². The number of nitrogens with one attached hydrogen (secondary N) is 1. The smallest absolute Gasteiger partial charge is 0.144 e. The van der Waals surface area contributed by atoms with Crippen LogP contribution in [-0.4, -0.2) is 34.6 Å². The first-order chi connectivity index (χ1) is 9.99. The van der Waals surface area contributed by atoms with E-state index < -0.39 is 0 Å². The van der Waals surface area contributed by atoms with Gasteiger partial charge in [-0.15, -0.1) is 0 Å². The minimum Gasteiger partial charge on any atom is -0.311 e. The van der Waals surface area contributed by atoms with Gasteiger partial charge < -0.3 is 5.32 Å². The van der Waals surface area contributed by atoms with Gasteiger partial charge in [0, 0.05) is 36.4 Å². The lowest BCUT2D eigenvalue weighted by Gasteiger charge is -2.37. The van der Waals surface area contributed by atoms with Crippen molar-refractivity contribution in [3.05, 3.63) is 29.6 Å². The molecule has 0 bridgehead atoms. The summed E-state index contributed by atoms with van der Waals surface area (Å²) in [6.07, 6.45) is 5.46. The number of rotatable bonds is 4. The van der Waals surface area contributed by atoms with Crippen molar-refractivity contribution < 1.29 is 0 Å². The van der Waals surface area contributed by atoms with E-state index in [-0.39, 0.29) is 5.54 Å². The Morgan fingerprint density at radius 2 is 2.24 bits per heavy atom. The highest BCUT2D eigenvalue weighted by atomic mass is 15.2. The van der Waals surface area contributed by atoms with Crippen LogP contribution in [0.5, 0.6) is 0 Å². The Kier molecular flexibility index (Phi) is 5.33. The van der Waals surface area contributed by atoms with Crippen molar-refractivity contribution in [3.63, 3.8) is 0 Å². The van der Waals surface area contributed by atoms with E-state index in [1.807, 2.05) is 12.1 Å². The Labute approximate surface area is 128 Å². The van der Waals surface area contributed by atoms with Gasteiger partial charge in [0.2, 0.25) is 0 Å². The molecule has 1 fully saturated rings. The summed E-state index contributed by atoms with van der Waals surface area (Å²) >= 11 is 0. The summed E-state index contributed by atoms with van der Waals surface area (Å²) in [5.74, 6) is 0. The monoisotopic (exact) mass is 286 g/mol. The molecule has 0 saturated carbocycles. The van der Waals surface area contributed by atoms with Gasteiger partial charge in [0.1, 0.15) is 11.8 Å². The van der Waals surface area contributed by atoms with E-state index in [1.165, 1.54) is 19.3 Å². The number of hydrogen-bond donors (Lipinski definition) is 1. The molecule has 2 rings (SSSR count). The third kappa shape index (κ3) is 4.80. The fourth-order valence-electron chi connectivity index (χ4n) is 2.81. The first-order valence-corrected chi connectivity index (χ1v) is 7.83. The predicted octanol–water partition coefficient (Wildman–Crippen LogP) is 2.70. The molecule has 1 N–H and O–H groups in total. The Morgan fingerprint density at radius 3 is 2.95 bits per heavy atom. The minimum absolute atomic E-state index is 0.148. The quantitative estimate of drug-likeness (QED) is 0.924. The van der Waals surface area contributed by atoms with Crippen molar-refractivity contribution in [3.8, 4) is 6.07 Å². The summed E-state index contributed by atoms with van der Waals surface area (Å²) in [5, 5.41) is 12.8. The van der Waals surface area contributed by atoms with Crippen molar-refractivity contribution in [2.75, 3.05) is 13.1 Å². The summed E-state index contributed by atoms with van der Waals surface area (Å²) in [6.45, 7) is 9.55. The van der Waals surface area contributed by atoms with Gasteiger partial charge in [0.05, 0.1) is 0 Å². The first-order valence-electron chi connectivity index (χ1n) is 7.83. The van der Waals surface area contributed by atoms with E-state index in [1.54, 1.807) is 6.20 Å². The number of piperidine rings is 1. The summed E-state index contributed by atoms with van der Waals surface area (Å²) in [7, 11) is 0. The van der Waals surface area contributed by atoms with E-state index in [9.17, 15) is 5.26 Å². The number of nitriles is 1. The molecule has 1 saturated heterocycles. The van der Waals surface area contributed by atoms with Crippen LogP contribution in [0.2, 0.25) is 0 Å². The summed E-state index contributed by atoms with van der Waals surface area (Å²) < 4.78 is 0. The molecule has 21 heavy (non-hydrogen) atoms. The van der Waals surface area contributed by atoms with Gasteiger partial charge in [-0.1, -0.05) is 12.5 Å². The molecule has 1 aromatic rings. The minimum atomic E-state index is 0.148. The largest absolute Gasteiger partial charge is 0.311 e. The third-order valence-corrected chi connectivity index (χ3v) is 3.99. The van der Waals surface area contributed by atoms with Gasteiger partial charge >= 0.3 is 0 Å². The van der Waals surface area contributed by atoms with Gasteiger partial charge in [0.25, 0.3) is 0 Å². The zero-order valence-corrected chi connectivity index (χ0v) is 13.4. The Balaban J connectivity index is 2.03. The number of aromatic nitrogens is 1. The van der Waals surface area contributed by atoms with Gasteiger partial charge in [-0.2, -0.15) is 5.26 Å². The zero-order chi connectivity index (χ0) is 15.3. The number of nitrogens with zero attached hydrogens (tertiary/aromatic N) is 3. The summed E-state index contributed by atoms with van der Waals surface area (Å²) in [6, 6.07) is 6.69. The van der Waals surface area contributed by atoms with Gasteiger partial charge in [-0.05, 0) is 46.2 Å². The molecule has 1 aromatic heterocycles. The molecule has 0 radical (unpaired) electrons. The molecule has 1 aliphatic heterocycles. The van der Waals surface area contributed by atoms with E-state index in [0.29, 0.717) is 11.7 Å². The van der Waals surface area contributed by atoms with Gasteiger partial charge in [-0.25, -0.2) is 4.98 Å². The standard InChI is InChI=1S/C17H26N4/c1-17(2,3)20-12-15-8-4-5-10-21(15)13-14-7-6-9-19-16(14)11-18/h6-7,9,15,20H,4-5,8,10,12-13H2,1-3H3. The molecular formula is C17H26N4. The lowest BCUT2D eigenvalue weighted by atomic mass is 9.99. The lowest BCUT2D eigenvalue weighted by Crippen LogP contribution is -2.49. The average Bonchev–Trinajstić information content (AvgIpc) is 2.46.